The fourth-order valence-electron chi connectivity index (χ4n) is 1.92. The molecule has 5 nitrogen and oxygen atoms in total. The zero-order valence-corrected chi connectivity index (χ0v) is 12.0. The number of anilines is 1. The number of pyridine rings is 1. The van der Waals surface area contributed by atoms with Crippen LogP contribution in [0.3, 0.4) is 0 Å². The number of aromatic nitrogens is 1. The third-order valence-corrected chi connectivity index (χ3v) is 3.66. The van der Waals surface area contributed by atoms with E-state index in [1.165, 1.54) is 6.07 Å². The molecule has 0 spiro atoms. The first kappa shape index (κ1) is 14.2. The van der Waals surface area contributed by atoms with Gasteiger partial charge >= 0.3 is 0 Å². The summed E-state index contributed by atoms with van der Waals surface area (Å²) in [5, 5.41) is 15.0. The molecular weight excluding hydrogens is 254 g/mol. The Balaban J connectivity index is 2.41. The summed E-state index contributed by atoms with van der Waals surface area (Å²) in [7, 11) is 0. The second kappa shape index (κ2) is 5.45. The van der Waals surface area contributed by atoms with E-state index < -0.39 is 0 Å². The van der Waals surface area contributed by atoms with Crippen LogP contribution < -0.4 is 5.32 Å². The molecule has 0 aliphatic heterocycles. The van der Waals surface area contributed by atoms with Gasteiger partial charge in [0, 0.05) is 18.8 Å². The molecule has 1 heterocycles. The highest BCUT2D eigenvalue weighted by atomic mass is 16.6. The van der Waals surface area contributed by atoms with E-state index in [9.17, 15) is 10.1 Å². The lowest BCUT2D eigenvalue weighted by Gasteiger charge is -2.23. The summed E-state index contributed by atoms with van der Waals surface area (Å²) in [5.74, 6) is 0. The lowest BCUT2D eigenvalue weighted by atomic mass is 9.90. The van der Waals surface area contributed by atoms with Crippen LogP contribution in [0.1, 0.15) is 27.2 Å². The zero-order valence-electron chi connectivity index (χ0n) is 12.0. The smallest absolute Gasteiger partial charge is 0.278 e. The molecule has 0 amide bonds. The molecule has 0 radical (unpaired) electrons. The molecule has 0 aliphatic rings. The van der Waals surface area contributed by atoms with Gasteiger partial charge in [-0.25, -0.2) is 0 Å². The Morgan fingerprint density at radius 2 is 2.10 bits per heavy atom. The van der Waals surface area contributed by atoms with Gasteiger partial charge in [-0.05, 0) is 30.0 Å². The summed E-state index contributed by atoms with van der Waals surface area (Å²) < 4.78 is 0. The molecule has 0 bridgehead atoms. The van der Waals surface area contributed by atoms with Crippen molar-refractivity contribution in [2.45, 2.75) is 27.2 Å². The first-order chi connectivity index (χ1) is 9.44. The SMILES string of the molecule is CCC(C)(C)CNc1ccc([N+](=O)[O-])c2cccnc12. The molecule has 0 atom stereocenters. The number of nitro benzene ring substituents is 1. The zero-order chi connectivity index (χ0) is 14.8. The second-order valence-corrected chi connectivity index (χ2v) is 5.66. The number of fused-ring (bicyclic) bond motifs is 1. The predicted molar refractivity (Wildman–Crippen MR) is 81.0 cm³/mol. The average molecular weight is 273 g/mol. The number of rotatable bonds is 5. The van der Waals surface area contributed by atoms with E-state index in [1.54, 1.807) is 24.4 Å². The summed E-state index contributed by atoms with van der Waals surface area (Å²) in [6, 6.07) is 6.72. The van der Waals surface area contributed by atoms with Crippen molar-refractivity contribution in [2.75, 3.05) is 11.9 Å². The van der Waals surface area contributed by atoms with Gasteiger partial charge < -0.3 is 5.32 Å². The molecule has 1 aromatic carbocycles. The van der Waals surface area contributed by atoms with E-state index in [2.05, 4.69) is 31.1 Å². The fraction of sp³-hybridized carbons (Fsp3) is 0.400. The minimum atomic E-state index is -0.371. The van der Waals surface area contributed by atoms with Crippen molar-refractivity contribution in [3.8, 4) is 0 Å². The van der Waals surface area contributed by atoms with Gasteiger partial charge in [0.2, 0.25) is 0 Å². The highest BCUT2D eigenvalue weighted by Crippen LogP contribution is 2.30. The second-order valence-electron chi connectivity index (χ2n) is 5.66. The van der Waals surface area contributed by atoms with Crippen molar-refractivity contribution in [1.82, 2.24) is 4.98 Å². The van der Waals surface area contributed by atoms with E-state index in [4.69, 9.17) is 0 Å². The van der Waals surface area contributed by atoms with E-state index in [1.807, 2.05) is 0 Å². The molecule has 20 heavy (non-hydrogen) atoms. The Bertz CT molecular complexity index is 638. The van der Waals surface area contributed by atoms with Crippen LogP contribution in [0.4, 0.5) is 11.4 Å². The Hall–Kier alpha value is -2.17. The van der Waals surface area contributed by atoms with Crippen LogP contribution in [0.15, 0.2) is 30.5 Å². The fourth-order valence-corrected chi connectivity index (χ4v) is 1.92. The van der Waals surface area contributed by atoms with Crippen LogP contribution in [0.5, 0.6) is 0 Å². The molecule has 5 heteroatoms. The Morgan fingerprint density at radius 3 is 2.75 bits per heavy atom. The average Bonchev–Trinajstić information content (AvgIpc) is 2.44. The van der Waals surface area contributed by atoms with Gasteiger partial charge in [0.15, 0.2) is 0 Å². The van der Waals surface area contributed by atoms with Crippen LogP contribution >= 0.6 is 0 Å². The van der Waals surface area contributed by atoms with Crippen LogP contribution in [0, 0.1) is 15.5 Å². The molecule has 0 unspecified atom stereocenters. The number of nitrogens with one attached hydrogen (secondary N) is 1. The third-order valence-electron chi connectivity index (χ3n) is 3.66. The van der Waals surface area contributed by atoms with Crippen molar-refractivity contribution < 1.29 is 4.92 Å². The predicted octanol–water partition coefficient (Wildman–Crippen LogP) is 3.99. The number of hydrogen-bond donors (Lipinski definition) is 1. The highest BCUT2D eigenvalue weighted by Gasteiger charge is 2.18. The molecule has 0 saturated carbocycles. The van der Waals surface area contributed by atoms with Crippen molar-refractivity contribution >= 4 is 22.3 Å². The third kappa shape index (κ3) is 2.87. The number of non-ortho nitro benzene ring substituents is 1. The van der Waals surface area contributed by atoms with E-state index >= 15 is 0 Å². The van der Waals surface area contributed by atoms with Gasteiger partial charge in [0.05, 0.1) is 16.0 Å². The normalized spacial score (nSPS) is 11.6. The number of nitro groups is 1. The van der Waals surface area contributed by atoms with Gasteiger partial charge in [-0.15, -0.1) is 0 Å². The molecule has 106 valence electrons. The Labute approximate surface area is 118 Å². The number of nitrogens with zero attached hydrogens (tertiary/aromatic N) is 2. The summed E-state index contributed by atoms with van der Waals surface area (Å²) in [5.41, 5.74) is 1.75. The van der Waals surface area contributed by atoms with Crippen molar-refractivity contribution in [3.63, 3.8) is 0 Å². The van der Waals surface area contributed by atoms with Crippen molar-refractivity contribution in [3.05, 3.63) is 40.6 Å². The molecule has 0 aliphatic carbocycles. The first-order valence-corrected chi connectivity index (χ1v) is 6.70. The number of benzene rings is 1. The minimum absolute atomic E-state index is 0.0911. The van der Waals surface area contributed by atoms with Crippen LogP contribution in [0.2, 0.25) is 0 Å². The Kier molecular flexibility index (Phi) is 3.88. The molecule has 2 rings (SSSR count). The molecule has 2 aromatic rings. The molecule has 0 fully saturated rings. The van der Waals surface area contributed by atoms with E-state index in [-0.39, 0.29) is 16.0 Å². The monoisotopic (exact) mass is 273 g/mol. The Morgan fingerprint density at radius 1 is 1.35 bits per heavy atom. The van der Waals surface area contributed by atoms with E-state index in [0.717, 1.165) is 18.7 Å². The topological polar surface area (TPSA) is 68.1 Å². The lowest BCUT2D eigenvalue weighted by Crippen LogP contribution is -2.22. The van der Waals surface area contributed by atoms with Crippen LogP contribution in [-0.4, -0.2) is 16.5 Å². The van der Waals surface area contributed by atoms with Crippen LogP contribution in [-0.2, 0) is 0 Å². The maximum Gasteiger partial charge on any atom is 0.278 e. The molecular formula is C15H19N3O2. The van der Waals surface area contributed by atoms with Gasteiger partial charge in [-0.3, -0.25) is 15.1 Å². The summed E-state index contributed by atoms with van der Waals surface area (Å²) in [6.45, 7) is 7.31. The highest BCUT2D eigenvalue weighted by molar-refractivity contribution is 5.96. The number of hydrogen-bond acceptors (Lipinski definition) is 4. The van der Waals surface area contributed by atoms with Gasteiger partial charge in [-0.1, -0.05) is 20.8 Å². The van der Waals surface area contributed by atoms with Crippen molar-refractivity contribution in [2.24, 2.45) is 5.41 Å². The van der Waals surface area contributed by atoms with E-state index in [0.29, 0.717) is 10.9 Å². The maximum atomic E-state index is 11.0. The summed E-state index contributed by atoms with van der Waals surface area (Å²) >= 11 is 0. The summed E-state index contributed by atoms with van der Waals surface area (Å²) in [4.78, 5) is 15.0. The molecule has 1 aromatic heterocycles. The molecule has 1 N–H and O–H groups in total. The minimum Gasteiger partial charge on any atom is -0.383 e. The van der Waals surface area contributed by atoms with Crippen LogP contribution in [0.25, 0.3) is 10.9 Å². The maximum absolute atomic E-state index is 11.0. The summed E-state index contributed by atoms with van der Waals surface area (Å²) in [6.07, 6.45) is 2.71. The lowest BCUT2D eigenvalue weighted by molar-refractivity contribution is -0.383. The van der Waals surface area contributed by atoms with Gasteiger partial charge in [0.25, 0.3) is 5.69 Å². The van der Waals surface area contributed by atoms with Gasteiger partial charge in [-0.2, -0.15) is 0 Å². The van der Waals surface area contributed by atoms with Crippen molar-refractivity contribution in [1.29, 1.82) is 0 Å². The molecule has 0 saturated heterocycles. The standard InChI is InChI=1S/C15H19N3O2/c1-4-15(2,3)10-17-12-7-8-13(18(19)20)11-6-5-9-16-14(11)12/h5-9,17H,4,10H2,1-3H3. The quantitative estimate of drug-likeness (QED) is 0.660. The largest absolute Gasteiger partial charge is 0.383 e. The van der Waals surface area contributed by atoms with Gasteiger partial charge in [0.1, 0.15) is 5.52 Å². The first-order valence-electron chi connectivity index (χ1n) is 6.70.